The number of rotatable bonds is 7. The second kappa shape index (κ2) is 8.29. The lowest BCUT2D eigenvalue weighted by Crippen LogP contribution is -2.18. The maximum Gasteiger partial charge on any atom is 0.336 e. The summed E-state index contributed by atoms with van der Waals surface area (Å²) in [5.74, 6) is -0.398. The first-order chi connectivity index (χ1) is 14.9. The molecular formula is C23H21F2N3O3. The number of anilines is 1. The predicted molar refractivity (Wildman–Crippen MR) is 113 cm³/mol. The third kappa shape index (κ3) is 4.19. The van der Waals surface area contributed by atoms with Gasteiger partial charge in [0, 0.05) is 18.0 Å². The fourth-order valence-electron chi connectivity index (χ4n) is 3.39. The SMILES string of the molecule is CCC(F)(CC)c1nnc(NCc2ccc3c(-c4ccc(F)cc4)cc(=O)oc3c2)o1. The number of fused-ring (bicyclic) bond motifs is 1. The van der Waals surface area contributed by atoms with Gasteiger partial charge in [-0.15, -0.1) is 5.10 Å². The molecular weight excluding hydrogens is 404 g/mol. The highest BCUT2D eigenvalue weighted by Gasteiger charge is 2.34. The molecule has 8 heteroatoms. The quantitative estimate of drug-likeness (QED) is 0.389. The average molecular weight is 425 g/mol. The average Bonchev–Trinajstić information content (AvgIpc) is 3.26. The summed E-state index contributed by atoms with van der Waals surface area (Å²) < 4.78 is 38.7. The van der Waals surface area contributed by atoms with Crippen molar-refractivity contribution in [2.75, 3.05) is 5.32 Å². The Hall–Kier alpha value is -3.55. The Labute approximate surface area is 176 Å². The van der Waals surface area contributed by atoms with Gasteiger partial charge < -0.3 is 14.2 Å². The van der Waals surface area contributed by atoms with Crippen molar-refractivity contribution in [2.24, 2.45) is 0 Å². The lowest BCUT2D eigenvalue weighted by Gasteiger charge is -2.16. The van der Waals surface area contributed by atoms with Crippen molar-refractivity contribution in [1.82, 2.24) is 10.2 Å². The lowest BCUT2D eigenvalue weighted by molar-refractivity contribution is 0.111. The maximum atomic E-state index is 14.7. The molecule has 2 aromatic heterocycles. The van der Waals surface area contributed by atoms with Crippen LogP contribution in [0.2, 0.25) is 0 Å². The van der Waals surface area contributed by atoms with Gasteiger partial charge in [-0.25, -0.2) is 13.6 Å². The Morgan fingerprint density at radius 2 is 1.74 bits per heavy atom. The van der Waals surface area contributed by atoms with Crippen LogP contribution in [0.25, 0.3) is 22.1 Å². The van der Waals surface area contributed by atoms with E-state index in [0.29, 0.717) is 23.3 Å². The Balaban J connectivity index is 1.58. The first kappa shape index (κ1) is 20.7. The molecule has 0 unspecified atom stereocenters. The normalized spacial score (nSPS) is 11.7. The molecule has 0 saturated carbocycles. The Bertz CT molecular complexity index is 1260. The van der Waals surface area contributed by atoms with Gasteiger partial charge in [-0.2, -0.15) is 0 Å². The summed E-state index contributed by atoms with van der Waals surface area (Å²) >= 11 is 0. The smallest absolute Gasteiger partial charge is 0.336 e. The minimum absolute atomic E-state index is 0.0477. The predicted octanol–water partition coefficient (Wildman–Crippen LogP) is 5.58. The highest BCUT2D eigenvalue weighted by Crippen LogP contribution is 2.33. The summed E-state index contributed by atoms with van der Waals surface area (Å²) in [6.45, 7) is 3.76. The summed E-state index contributed by atoms with van der Waals surface area (Å²) in [5, 5.41) is 11.4. The highest BCUT2D eigenvalue weighted by atomic mass is 19.1. The van der Waals surface area contributed by atoms with Crippen molar-refractivity contribution in [1.29, 1.82) is 0 Å². The second-order valence-electron chi connectivity index (χ2n) is 7.25. The molecule has 160 valence electrons. The van der Waals surface area contributed by atoms with Crippen LogP contribution >= 0.6 is 0 Å². The summed E-state index contributed by atoms with van der Waals surface area (Å²) in [7, 11) is 0. The van der Waals surface area contributed by atoms with Gasteiger partial charge in [-0.3, -0.25) is 0 Å². The fourth-order valence-corrected chi connectivity index (χ4v) is 3.39. The number of benzene rings is 2. The molecule has 0 aliphatic carbocycles. The summed E-state index contributed by atoms with van der Waals surface area (Å²) in [6.07, 6.45) is 0.483. The largest absolute Gasteiger partial charge is 0.423 e. The van der Waals surface area contributed by atoms with Crippen molar-refractivity contribution in [2.45, 2.75) is 38.9 Å². The van der Waals surface area contributed by atoms with Crippen LogP contribution in [0, 0.1) is 5.82 Å². The molecule has 0 aliphatic rings. The molecule has 4 aromatic rings. The van der Waals surface area contributed by atoms with E-state index < -0.39 is 11.3 Å². The van der Waals surface area contributed by atoms with E-state index in [0.717, 1.165) is 10.9 Å². The van der Waals surface area contributed by atoms with Crippen LogP contribution in [0.15, 0.2) is 62.2 Å². The number of nitrogens with zero attached hydrogens (tertiary/aromatic N) is 2. The Kier molecular flexibility index (Phi) is 5.54. The first-order valence-corrected chi connectivity index (χ1v) is 10.0. The van der Waals surface area contributed by atoms with Crippen LogP contribution in [-0.2, 0) is 12.2 Å². The standard InChI is InChI=1S/C23H21F2N3O3/c1-3-23(25,4-2)21-27-28-22(31-21)26-13-14-5-10-17-18(12-20(29)30-19(17)11-14)15-6-8-16(24)9-7-15/h5-12H,3-4,13H2,1-2H3,(H,26,28). The van der Waals surface area contributed by atoms with Gasteiger partial charge in [0.15, 0.2) is 5.67 Å². The van der Waals surface area contributed by atoms with E-state index in [-0.39, 0.29) is 30.6 Å². The molecule has 2 aromatic carbocycles. The van der Waals surface area contributed by atoms with E-state index in [9.17, 15) is 13.6 Å². The molecule has 4 rings (SSSR count). The molecule has 0 bridgehead atoms. The number of alkyl halides is 1. The first-order valence-electron chi connectivity index (χ1n) is 10.0. The molecule has 0 saturated heterocycles. The zero-order valence-electron chi connectivity index (χ0n) is 17.1. The summed E-state index contributed by atoms with van der Waals surface area (Å²) in [4.78, 5) is 12.1. The van der Waals surface area contributed by atoms with Crippen LogP contribution in [0.5, 0.6) is 0 Å². The van der Waals surface area contributed by atoms with E-state index in [1.165, 1.54) is 18.2 Å². The Morgan fingerprint density at radius 1 is 1.00 bits per heavy atom. The maximum absolute atomic E-state index is 14.7. The summed E-state index contributed by atoms with van der Waals surface area (Å²) in [5.41, 5.74) is 0.421. The topological polar surface area (TPSA) is 81.2 Å². The molecule has 0 atom stereocenters. The lowest BCUT2D eigenvalue weighted by atomic mass is 10.0. The third-order valence-electron chi connectivity index (χ3n) is 5.34. The highest BCUT2D eigenvalue weighted by molar-refractivity contribution is 5.93. The minimum atomic E-state index is -1.64. The van der Waals surface area contributed by atoms with Crippen LogP contribution < -0.4 is 10.9 Å². The third-order valence-corrected chi connectivity index (χ3v) is 5.34. The molecule has 1 N–H and O–H groups in total. The fraction of sp³-hybridized carbons (Fsp3) is 0.261. The Morgan fingerprint density at radius 3 is 2.45 bits per heavy atom. The molecule has 6 nitrogen and oxygen atoms in total. The molecule has 0 amide bonds. The van der Waals surface area contributed by atoms with E-state index >= 15 is 0 Å². The second-order valence-corrected chi connectivity index (χ2v) is 7.25. The van der Waals surface area contributed by atoms with Crippen LogP contribution in [0.3, 0.4) is 0 Å². The van der Waals surface area contributed by atoms with Crippen molar-refractivity contribution in [3.05, 3.63) is 76.2 Å². The molecule has 2 heterocycles. The van der Waals surface area contributed by atoms with Crippen molar-refractivity contribution in [3.8, 4) is 11.1 Å². The van der Waals surface area contributed by atoms with Crippen molar-refractivity contribution in [3.63, 3.8) is 0 Å². The number of nitrogens with one attached hydrogen (secondary N) is 1. The number of hydrogen-bond donors (Lipinski definition) is 1. The van der Waals surface area contributed by atoms with Gasteiger partial charge in [-0.1, -0.05) is 43.2 Å². The van der Waals surface area contributed by atoms with E-state index in [2.05, 4.69) is 15.5 Å². The number of halogens is 2. The number of hydrogen-bond acceptors (Lipinski definition) is 6. The molecule has 31 heavy (non-hydrogen) atoms. The summed E-state index contributed by atoms with van der Waals surface area (Å²) in [6, 6.07) is 12.8. The van der Waals surface area contributed by atoms with Gasteiger partial charge >= 0.3 is 11.6 Å². The van der Waals surface area contributed by atoms with Gasteiger partial charge in [0.1, 0.15) is 11.4 Å². The van der Waals surface area contributed by atoms with Crippen LogP contribution in [-0.4, -0.2) is 10.2 Å². The van der Waals surface area contributed by atoms with E-state index in [4.69, 9.17) is 8.83 Å². The number of aromatic nitrogens is 2. The van der Waals surface area contributed by atoms with Gasteiger partial charge in [0.2, 0.25) is 0 Å². The molecule has 0 radical (unpaired) electrons. The van der Waals surface area contributed by atoms with E-state index in [1.54, 1.807) is 32.0 Å². The van der Waals surface area contributed by atoms with Crippen LogP contribution in [0.1, 0.15) is 38.1 Å². The zero-order valence-corrected chi connectivity index (χ0v) is 17.1. The van der Waals surface area contributed by atoms with Gasteiger partial charge in [0.25, 0.3) is 5.89 Å². The molecule has 0 aliphatic heterocycles. The molecule has 0 spiro atoms. The zero-order chi connectivity index (χ0) is 22.0. The van der Waals surface area contributed by atoms with Crippen molar-refractivity contribution >= 4 is 17.0 Å². The minimum Gasteiger partial charge on any atom is -0.423 e. The van der Waals surface area contributed by atoms with Crippen LogP contribution in [0.4, 0.5) is 14.8 Å². The van der Waals surface area contributed by atoms with Gasteiger partial charge in [-0.05, 0) is 47.7 Å². The molecule has 0 fully saturated rings. The van der Waals surface area contributed by atoms with Crippen molar-refractivity contribution < 1.29 is 17.6 Å². The monoisotopic (exact) mass is 425 g/mol. The van der Waals surface area contributed by atoms with Gasteiger partial charge in [0.05, 0.1) is 0 Å². The van der Waals surface area contributed by atoms with E-state index in [1.807, 2.05) is 12.1 Å².